The molecule has 1 aromatic heterocycles. The maximum Gasteiger partial charge on any atom is 0.258 e. The number of hydrogen-bond donors (Lipinski definition) is 2. The van der Waals surface area contributed by atoms with Crippen LogP contribution >= 0.6 is 11.6 Å². The number of amides is 1. The molecule has 22 heavy (non-hydrogen) atoms. The maximum atomic E-state index is 12.1. The number of rotatable bonds is 7. The Morgan fingerprint density at radius 1 is 1.41 bits per heavy atom. The molecule has 1 aromatic carbocycles. The molecule has 1 heterocycles. The molecule has 0 atom stereocenters. The van der Waals surface area contributed by atoms with E-state index in [1.165, 1.54) is 0 Å². The number of fused-ring (bicyclic) bond motifs is 1. The lowest BCUT2D eigenvalue weighted by Gasteiger charge is -2.20. The van der Waals surface area contributed by atoms with Gasteiger partial charge in [0, 0.05) is 18.0 Å². The molecular formula is C15H19ClN4O2. The number of nitrogens with zero attached hydrogens (tertiary/aromatic N) is 2. The highest BCUT2D eigenvalue weighted by Crippen LogP contribution is 2.15. The number of carbonyl (C=O) groups is 1. The van der Waals surface area contributed by atoms with Gasteiger partial charge in [0.15, 0.2) is 0 Å². The zero-order valence-corrected chi connectivity index (χ0v) is 13.2. The predicted octanol–water partition coefficient (Wildman–Crippen LogP) is 1.66. The standard InChI is InChI=1S/C15H19ClN4O2/c1-2-6-20(7-5-13(17)21)9-14-18-12-8-10(16)3-4-11(12)15(22)19-14/h3-4,8H,2,5-7,9H2,1H3,(H2,17,21)(H,18,19,22). The van der Waals surface area contributed by atoms with E-state index in [1.807, 2.05) is 11.8 Å². The van der Waals surface area contributed by atoms with Crippen molar-refractivity contribution in [1.82, 2.24) is 14.9 Å². The fourth-order valence-electron chi connectivity index (χ4n) is 2.30. The first kappa shape index (κ1) is 16.5. The van der Waals surface area contributed by atoms with Crippen LogP contribution in [0.5, 0.6) is 0 Å². The molecule has 6 nitrogen and oxygen atoms in total. The van der Waals surface area contributed by atoms with Crippen molar-refractivity contribution >= 4 is 28.4 Å². The molecule has 0 radical (unpaired) electrons. The van der Waals surface area contributed by atoms with Crippen LogP contribution in [0, 0.1) is 0 Å². The van der Waals surface area contributed by atoms with Crippen LogP contribution in [0.15, 0.2) is 23.0 Å². The van der Waals surface area contributed by atoms with E-state index in [0.717, 1.165) is 13.0 Å². The van der Waals surface area contributed by atoms with Crippen molar-refractivity contribution in [2.24, 2.45) is 5.73 Å². The minimum atomic E-state index is -0.340. The second-order valence-electron chi connectivity index (χ2n) is 5.17. The number of benzene rings is 1. The van der Waals surface area contributed by atoms with Gasteiger partial charge in [0.2, 0.25) is 5.91 Å². The molecule has 0 unspecified atom stereocenters. The first-order valence-corrected chi connectivity index (χ1v) is 7.56. The average Bonchev–Trinajstić information content (AvgIpc) is 2.44. The van der Waals surface area contributed by atoms with E-state index in [4.69, 9.17) is 17.3 Å². The molecule has 2 rings (SSSR count). The highest BCUT2D eigenvalue weighted by atomic mass is 35.5. The minimum Gasteiger partial charge on any atom is -0.370 e. The van der Waals surface area contributed by atoms with Crippen molar-refractivity contribution in [2.75, 3.05) is 13.1 Å². The van der Waals surface area contributed by atoms with Crippen LogP contribution in [-0.2, 0) is 11.3 Å². The third-order valence-electron chi connectivity index (χ3n) is 3.31. The topological polar surface area (TPSA) is 92.1 Å². The summed E-state index contributed by atoms with van der Waals surface area (Å²) in [5, 5.41) is 1.04. The molecule has 3 N–H and O–H groups in total. The molecular weight excluding hydrogens is 304 g/mol. The third-order valence-corrected chi connectivity index (χ3v) is 3.54. The van der Waals surface area contributed by atoms with Crippen LogP contribution in [0.3, 0.4) is 0 Å². The summed E-state index contributed by atoms with van der Waals surface area (Å²) in [6, 6.07) is 4.99. The fourth-order valence-corrected chi connectivity index (χ4v) is 2.47. The number of hydrogen-bond acceptors (Lipinski definition) is 4. The summed E-state index contributed by atoms with van der Waals surface area (Å²) < 4.78 is 0. The van der Waals surface area contributed by atoms with Gasteiger partial charge < -0.3 is 10.7 Å². The average molecular weight is 323 g/mol. The highest BCUT2D eigenvalue weighted by molar-refractivity contribution is 6.31. The molecule has 0 spiro atoms. The van der Waals surface area contributed by atoms with Gasteiger partial charge in [-0.25, -0.2) is 4.98 Å². The van der Waals surface area contributed by atoms with E-state index < -0.39 is 0 Å². The van der Waals surface area contributed by atoms with Gasteiger partial charge in [-0.3, -0.25) is 14.5 Å². The SMILES string of the molecule is CCCN(CCC(N)=O)Cc1nc2cc(Cl)ccc2c(=O)[nH]1. The van der Waals surface area contributed by atoms with Gasteiger partial charge in [0.05, 0.1) is 17.4 Å². The number of H-pyrrole nitrogens is 1. The molecule has 0 aliphatic carbocycles. The van der Waals surface area contributed by atoms with Crippen molar-refractivity contribution in [2.45, 2.75) is 26.3 Å². The van der Waals surface area contributed by atoms with Crippen LogP contribution in [0.2, 0.25) is 5.02 Å². The molecule has 0 aliphatic heterocycles. The summed E-state index contributed by atoms with van der Waals surface area (Å²) in [5.74, 6) is 0.213. The molecule has 2 aromatic rings. The third kappa shape index (κ3) is 4.29. The van der Waals surface area contributed by atoms with Gasteiger partial charge in [0.25, 0.3) is 5.56 Å². The van der Waals surface area contributed by atoms with Gasteiger partial charge in [0.1, 0.15) is 5.82 Å². The van der Waals surface area contributed by atoms with Crippen molar-refractivity contribution in [3.63, 3.8) is 0 Å². The van der Waals surface area contributed by atoms with Crippen molar-refractivity contribution in [3.8, 4) is 0 Å². The van der Waals surface area contributed by atoms with Crippen LogP contribution in [0.25, 0.3) is 10.9 Å². The van der Waals surface area contributed by atoms with E-state index in [-0.39, 0.29) is 17.9 Å². The Bertz CT molecular complexity index is 729. The van der Waals surface area contributed by atoms with Crippen molar-refractivity contribution in [3.05, 3.63) is 39.4 Å². The lowest BCUT2D eigenvalue weighted by Crippen LogP contribution is -2.30. The quantitative estimate of drug-likeness (QED) is 0.811. The van der Waals surface area contributed by atoms with Gasteiger partial charge in [-0.1, -0.05) is 18.5 Å². The van der Waals surface area contributed by atoms with Crippen molar-refractivity contribution < 1.29 is 4.79 Å². The molecule has 118 valence electrons. The van der Waals surface area contributed by atoms with Gasteiger partial charge in [-0.2, -0.15) is 0 Å². The van der Waals surface area contributed by atoms with Crippen LogP contribution < -0.4 is 11.3 Å². The monoisotopic (exact) mass is 322 g/mol. The predicted molar refractivity (Wildman–Crippen MR) is 86.8 cm³/mol. The van der Waals surface area contributed by atoms with E-state index in [0.29, 0.717) is 34.8 Å². The molecule has 0 saturated heterocycles. The molecule has 0 bridgehead atoms. The van der Waals surface area contributed by atoms with Crippen LogP contribution in [-0.4, -0.2) is 33.9 Å². The smallest absolute Gasteiger partial charge is 0.258 e. The Morgan fingerprint density at radius 3 is 2.86 bits per heavy atom. The number of aromatic nitrogens is 2. The number of primary amides is 1. The Hall–Kier alpha value is -1.92. The number of nitrogens with one attached hydrogen (secondary N) is 1. The molecule has 0 aliphatic rings. The molecule has 0 fully saturated rings. The number of carbonyl (C=O) groups excluding carboxylic acids is 1. The minimum absolute atomic E-state index is 0.192. The number of nitrogens with two attached hydrogens (primary N) is 1. The first-order chi connectivity index (χ1) is 10.5. The number of aromatic amines is 1. The van der Waals surface area contributed by atoms with Crippen LogP contribution in [0.1, 0.15) is 25.6 Å². The van der Waals surface area contributed by atoms with Crippen LogP contribution in [0.4, 0.5) is 0 Å². The summed E-state index contributed by atoms with van der Waals surface area (Å²) in [6.07, 6.45) is 1.21. The lowest BCUT2D eigenvalue weighted by atomic mass is 10.2. The fraction of sp³-hybridized carbons (Fsp3) is 0.400. The van der Waals surface area contributed by atoms with Gasteiger partial charge >= 0.3 is 0 Å². The maximum absolute atomic E-state index is 12.1. The Morgan fingerprint density at radius 2 is 2.18 bits per heavy atom. The summed E-state index contributed by atoms with van der Waals surface area (Å²) in [5.41, 5.74) is 5.57. The van der Waals surface area contributed by atoms with Gasteiger partial charge in [-0.05, 0) is 31.2 Å². The summed E-state index contributed by atoms with van der Waals surface area (Å²) >= 11 is 5.95. The second kappa shape index (κ2) is 7.38. The van der Waals surface area contributed by atoms with E-state index >= 15 is 0 Å². The largest absolute Gasteiger partial charge is 0.370 e. The highest BCUT2D eigenvalue weighted by Gasteiger charge is 2.10. The van der Waals surface area contributed by atoms with E-state index in [2.05, 4.69) is 9.97 Å². The Kier molecular flexibility index (Phi) is 5.51. The normalized spacial score (nSPS) is 11.2. The van der Waals surface area contributed by atoms with Crippen molar-refractivity contribution in [1.29, 1.82) is 0 Å². The second-order valence-corrected chi connectivity index (χ2v) is 5.60. The lowest BCUT2D eigenvalue weighted by molar-refractivity contribution is -0.118. The van der Waals surface area contributed by atoms with E-state index in [9.17, 15) is 9.59 Å². The zero-order valence-electron chi connectivity index (χ0n) is 12.4. The Balaban J connectivity index is 2.24. The van der Waals surface area contributed by atoms with Gasteiger partial charge in [-0.15, -0.1) is 0 Å². The Labute approximate surface area is 133 Å². The molecule has 7 heteroatoms. The summed E-state index contributed by atoms with van der Waals surface area (Å²) in [6.45, 7) is 3.84. The number of halogens is 1. The summed E-state index contributed by atoms with van der Waals surface area (Å²) in [7, 11) is 0. The molecule has 0 saturated carbocycles. The zero-order chi connectivity index (χ0) is 16.1. The first-order valence-electron chi connectivity index (χ1n) is 7.18. The molecule has 1 amide bonds. The summed E-state index contributed by atoms with van der Waals surface area (Å²) in [4.78, 5) is 32.3. The van der Waals surface area contributed by atoms with E-state index in [1.54, 1.807) is 18.2 Å².